The van der Waals surface area contributed by atoms with Gasteiger partial charge in [0.05, 0.1) is 18.9 Å². The largest absolute Gasteiger partial charge is 0.492 e. The first kappa shape index (κ1) is 22.2. The van der Waals surface area contributed by atoms with Crippen molar-refractivity contribution in [3.63, 3.8) is 0 Å². The van der Waals surface area contributed by atoms with E-state index >= 15 is 0 Å². The van der Waals surface area contributed by atoms with Crippen LogP contribution in [0.4, 0.5) is 5.69 Å². The van der Waals surface area contributed by atoms with Gasteiger partial charge >= 0.3 is 5.97 Å². The highest BCUT2D eigenvalue weighted by Crippen LogP contribution is 2.24. The minimum Gasteiger partial charge on any atom is -0.492 e. The lowest BCUT2D eigenvalue weighted by atomic mass is 10.2. The highest BCUT2D eigenvalue weighted by molar-refractivity contribution is 6.05. The Morgan fingerprint density at radius 2 is 1.69 bits per heavy atom. The van der Waals surface area contributed by atoms with Gasteiger partial charge in [0, 0.05) is 12.2 Å². The van der Waals surface area contributed by atoms with Crippen molar-refractivity contribution in [3.05, 3.63) is 54.1 Å². The highest BCUT2D eigenvalue weighted by Gasteiger charge is 2.17. The van der Waals surface area contributed by atoms with Crippen molar-refractivity contribution in [3.8, 4) is 11.5 Å². The first-order valence-corrected chi connectivity index (χ1v) is 9.59. The number of benzene rings is 2. The molecular formula is C22H27NO6. The maximum Gasteiger partial charge on any atom is 0.347 e. The molecule has 0 fully saturated rings. The monoisotopic (exact) mass is 401 g/mol. The van der Waals surface area contributed by atoms with E-state index in [9.17, 15) is 9.59 Å². The van der Waals surface area contributed by atoms with E-state index in [1.54, 1.807) is 43.3 Å². The molecule has 2 aromatic rings. The standard InChI is InChI=1S/C22H27NO6/c1-4-26-14-15-28-22(25)16(3)29-18-12-10-17(11-13-18)21(24)23-19-8-6-7-9-20(19)27-5-2/h6-13,16H,4-5,14-15H2,1-3H3,(H,23,24)/t16-/m0/s1. The Balaban J connectivity index is 1.91. The second kappa shape index (κ2) is 11.7. The van der Waals surface area contributed by atoms with Crippen LogP contribution >= 0.6 is 0 Å². The molecule has 1 amide bonds. The van der Waals surface area contributed by atoms with Gasteiger partial charge in [-0.1, -0.05) is 12.1 Å². The summed E-state index contributed by atoms with van der Waals surface area (Å²) < 4.78 is 21.3. The number of esters is 1. The quantitative estimate of drug-likeness (QED) is 0.457. The smallest absolute Gasteiger partial charge is 0.347 e. The van der Waals surface area contributed by atoms with Crippen LogP contribution in [0.5, 0.6) is 11.5 Å². The molecule has 0 aliphatic carbocycles. The maximum atomic E-state index is 12.5. The summed E-state index contributed by atoms with van der Waals surface area (Å²) in [5, 5.41) is 2.83. The number of ether oxygens (including phenoxy) is 4. The molecule has 0 bridgehead atoms. The van der Waals surface area contributed by atoms with Gasteiger partial charge in [0.2, 0.25) is 0 Å². The van der Waals surface area contributed by atoms with Crippen LogP contribution in [0.1, 0.15) is 31.1 Å². The van der Waals surface area contributed by atoms with Crippen LogP contribution in [0.2, 0.25) is 0 Å². The van der Waals surface area contributed by atoms with E-state index in [0.29, 0.717) is 42.6 Å². The molecule has 0 aromatic heterocycles. The van der Waals surface area contributed by atoms with E-state index in [2.05, 4.69) is 5.32 Å². The molecule has 1 N–H and O–H groups in total. The zero-order valence-corrected chi connectivity index (χ0v) is 17.0. The Morgan fingerprint density at radius 1 is 0.966 bits per heavy atom. The molecule has 0 aliphatic heterocycles. The second-order valence-corrected chi connectivity index (χ2v) is 6.03. The van der Waals surface area contributed by atoms with Gasteiger partial charge in [-0.2, -0.15) is 0 Å². The SMILES string of the molecule is CCOCCOC(=O)[C@H](C)Oc1ccc(C(=O)Nc2ccccc2OCC)cc1. The number of rotatable bonds is 11. The minimum absolute atomic E-state index is 0.183. The van der Waals surface area contributed by atoms with E-state index in [0.717, 1.165) is 0 Å². The van der Waals surface area contributed by atoms with Gasteiger partial charge in [-0.15, -0.1) is 0 Å². The lowest BCUT2D eigenvalue weighted by Crippen LogP contribution is -2.27. The van der Waals surface area contributed by atoms with Gasteiger partial charge in [0.1, 0.15) is 18.1 Å². The number of nitrogens with one attached hydrogen (secondary N) is 1. The van der Waals surface area contributed by atoms with Crippen molar-refractivity contribution >= 4 is 17.6 Å². The fourth-order valence-corrected chi connectivity index (χ4v) is 2.45. The van der Waals surface area contributed by atoms with Crippen LogP contribution in [0.15, 0.2) is 48.5 Å². The van der Waals surface area contributed by atoms with E-state index in [1.807, 2.05) is 26.0 Å². The second-order valence-electron chi connectivity index (χ2n) is 6.03. The molecule has 156 valence electrons. The molecule has 0 heterocycles. The maximum absolute atomic E-state index is 12.5. The normalized spacial score (nSPS) is 11.4. The molecular weight excluding hydrogens is 374 g/mol. The van der Waals surface area contributed by atoms with Crippen molar-refractivity contribution < 1.29 is 28.5 Å². The van der Waals surface area contributed by atoms with Gasteiger partial charge in [-0.25, -0.2) is 4.79 Å². The molecule has 7 heteroatoms. The number of carbonyl (C=O) groups is 2. The van der Waals surface area contributed by atoms with Crippen molar-refractivity contribution in [1.82, 2.24) is 0 Å². The van der Waals surface area contributed by atoms with Gasteiger partial charge in [-0.05, 0) is 57.2 Å². The van der Waals surface area contributed by atoms with Crippen molar-refractivity contribution in [2.45, 2.75) is 26.9 Å². The lowest BCUT2D eigenvalue weighted by Gasteiger charge is -2.14. The molecule has 1 atom stereocenters. The first-order valence-electron chi connectivity index (χ1n) is 9.59. The average Bonchev–Trinajstić information content (AvgIpc) is 2.73. The van der Waals surface area contributed by atoms with E-state index in [1.165, 1.54) is 0 Å². The van der Waals surface area contributed by atoms with Crippen molar-refractivity contribution in [1.29, 1.82) is 0 Å². The third-order valence-corrected chi connectivity index (χ3v) is 3.87. The summed E-state index contributed by atoms with van der Waals surface area (Å²) in [6, 6.07) is 13.8. The molecule has 0 saturated carbocycles. The summed E-state index contributed by atoms with van der Waals surface area (Å²) >= 11 is 0. The number of anilines is 1. The number of carbonyl (C=O) groups excluding carboxylic acids is 2. The Morgan fingerprint density at radius 3 is 2.38 bits per heavy atom. The summed E-state index contributed by atoms with van der Waals surface area (Å²) in [6.07, 6.45) is -0.769. The van der Waals surface area contributed by atoms with Gasteiger partial charge in [-0.3, -0.25) is 4.79 Å². The van der Waals surface area contributed by atoms with Crippen LogP contribution in [-0.2, 0) is 14.3 Å². The molecule has 2 rings (SSSR count). The molecule has 0 saturated heterocycles. The zero-order valence-electron chi connectivity index (χ0n) is 17.0. The molecule has 7 nitrogen and oxygen atoms in total. The van der Waals surface area contributed by atoms with Crippen LogP contribution in [0, 0.1) is 0 Å². The summed E-state index contributed by atoms with van der Waals surface area (Å²) in [4.78, 5) is 24.4. The summed E-state index contributed by atoms with van der Waals surface area (Å²) in [6.45, 7) is 6.97. The lowest BCUT2D eigenvalue weighted by molar-refractivity contribution is -0.152. The third kappa shape index (κ3) is 7.12. The Kier molecular flexibility index (Phi) is 8.98. The molecule has 0 aliphatic rings. The fourth-order valence-electron chi connectivity index (χ4n) is 2.45. The van der Waals surface area contributed by atoms with Crippen LogP contribution in [0.25, 0.3) is 0 Å². The Bertz CT molecular complexity index is 790. The molecule has 0 spiro atoms. The summed E-state index contributed by atoms with van der Waals surface area (Å²) in [7, 11) is 0. The number of hydrogen-bond acceptors (Lipinski definition) is 6. The number of hydrogen-bond donors (Lipinski definition) is 1. The molecule has 29 heavy (non-hydrogen) atoms. The van der Waals surface area contributed by atoms with Crippen molar-refractivity contribution in [2.24, 2.45) is 0 Å². The van der Waals surface area contributed by atoms with Gasteiger partial charge in [0.15, 0.2) is 6.10 Å². The average molecular weight is 401 g/mol. The summed E-state index contributed by atoms with van der Waals surface area (Å²) in [5.74, 6) is 0.330. The Hall–Kier alpha value is -3.06. The van der Waals surface area contributed by atoms with E-state index < -0.39 is 12.1 Å². The van der Waals surface area contributed by atoms with E-state index in [4.69, 9.17) is 18.9 Å². The predicted octanol–water partition coefficient (Wildman–Crippen LogP) is 3.68. The topological polar surface area (TPSA) is 83.1 Å². The minimum atomic E-state index is -0.769. The van der Waals surface area contributed by atoms with Gasteiger partial charge in [0.25, 0.3) is 5.91 Å². The summed E-state index contributed by atoms with van der Waals surface area (Å²) in [5.41, 5.74) is 1.05. The van der Waals surface area contributed by atoms with Crippen LogP contribution in [0.3, 0.4) is 0 Å². The Labute approximate surface area is 170 Å². The van der Waals surface area contributed by atoms with E-state index in [-0.39, 0.29) is 12.5 Å². The highest BCUT2D eigenvalue weighted by atomic mass is 16.6. The fraction of sp³-hybridized carbons (Fsp3) is 0.364. The van der Waals surface area contributed by atoms with Gasteiger partial charge < -0.3 is 24.3 Å². The molecule has 0 unspecified atom stereocenters. The van der Waals surface area contributed by atoms with Crippen molar-refractivity contribution in [2.75, 3.05) is 31.7 Å². The predicted molar refractivity (Wildman–Crippen MR) is 110 cm³/mol. The number of amides is 1. The number of para-hydroxylation sites is 2. The first-order chi connectivity index (χ1) is 14.0. The third-order valence-electron chi connectivity index (χ3n) is 3.87. The van der Waals surface area contributed by atoms with Crippen LogP contribution < -0.4 is 14.8 Å². The zero-order chi connectivity index (χ0) is 21.1. The van der Waals surface area contributed by atoms with Crippen LogP contribution in [-0.4, -0.2) is 44.4 Å². The molecule has 0 radical (unpaired) electrons. The molecule has 2 aromatic carbocycles.